The van der Waals surface area contributed by atoms with E-state index in [2.05, 4.69) is 0 Å². The molecule has 1 aliphatic heterocycles. The maximum absolute atomic E-state index is 11.5. The molecule has 0 saturated carbocycles. The molecule has 1 fully saturated rings. The number of aliphatic carboxylic acids is 1. The first-order valence-corrected chi connectivity index (χ1v) is 6.63. The topological polar surface area (TPSA) is 83.7 Å². The summed E-state index contributed by atoms with van der Waals surface area (Å²) in [6.07, 6.45) is 1.13. The molecular formula is C14H18N2O4. The van der Waals surface area contributed by atoms with Crippen LogP contribution in [0.15, 0.2) is 18.2 Å². The number of nitrogens with zero attached hydrogens (tertiary/aromatic N) is 2. The number of hydrogen-bond donors (Lipinski definition) is 1. The van der Waals surface area contributed by atoms with Crippen LogP contribution < -0.4 is 4.90 Å². The summed E-state index contributed by atoms with van der Waals surface area (Å²) in [7, 11) is 0. The highest BCUT2D eigenvalue weighted by Gasteiger charge is 2.43. The molecule has 1 aromatic carbocycles. The third-order valence-electron chi connectivity index (χ3n) is 4.30. The van der Waals surface area contributed by atoms with E-state index in [-0.39, 0.29) is 5.69 Å². The first-order chi connectivity index (χ1) is 9.41. The molecule has 1 atom stereocenters. The highest BCUT2D eigenvalue weighted by molar-refractivity contribution is 5.77. The largest absolute Gasteiger partial charge is 0.481 e. The number of hydrogen-bond acceptors (Lipinski definition) is 4. The average molecular weight is 278 g/mol. The fourth-order valence-corrected chi connectivity index (χ4v) is 2.84. The highest BCUT2D eigenvalue weighted by Crippen LogP contribution is 2.39. The first-order valence-electron chi connectivity index (χ1n) is 6.63. The lowest BCUT2D eigenvalue weighted by molar-refractivity contribution is -0.385. The van der Waals surface area contributed by atoms with Gasteiger partial charge in [-0.05, 0) is 25.8 Å². The molecule has 1 N–H and O–H groups in total. The molecule has 1 aromatic rings. The van der Waals surface area contributed by atoms with Gasteiger partial charge in [-0.2, -0.15) is 0 Å². The third-order valence-corrected chi connectivity index (χ3v) is 4.30. The van der Waals surface area contributed by atoms with E-state index in [4.69, 9.17) is 0 Å². The molecule has 0 radical (unpaired) electrons. The fraction of sp³-hybridized carbons (Fsp3) is 0.500. The molecule has 0 amide bonds. The number of carboxylic acid groups (broad SMARTS) is 1. The molecule has 20 heavy (non-hydrogen) atoms. The van der Waals surface area contributed by atoms with Gasteiger partial charge in [-0.1, -0.05) is 13.0 Å². The molecule has 1 saturated heterocycles. The summed E-state index contributed by atoms with van der Waals surface area (Å²) < 4.78 is 0. The molecule has 108 valence electrons. The summed E-state index contributed by atoms with van der Waals surface area (Å²) in [6, 6.07) is 4.93. The molecule has 1 aliphatic rings. The van der Waals surface area contributed by atoms with Gasteiger partial charge in [-0.15, -0.1) is 0 Å². The van der Waals surface area contributed by atoms with Crippen molar-refractivity contribution in [1.82, 2.24) is 0 Å². The normalized spacial score (nSPS) is 22.0. The third kappa shape index (κ3) is 2.21. The number of nitro groups is 1. The molecular weight excluding hydrogens is 260 g/mol. The van der Waals surface area contributed by atoms with Crippen LogP contribution in [0.25, 0.3) is 0 Å². The summed E-state index contributed by atoms with van der Waals surface area (Å²) in [5, 5.41) is 20.4. The van der Waals surface area contributed by atoms with Crippen LogP contribution >= 0.6 is 0 Å². The number of nitro benzene ring substituents is 1. The van der Waals surface area contributed by atoms with Crippen LogP contribution in [-0.2, 0) is 4.79 Å². The Bertz CT molecular complexity index is 558. The Morgan fingerprint density at radius 2 is 2.25 bits per heavy atom. The number of rotatable bonds is 4. The number of carbonyl (C=O) groups is 1. The van der Waals surface area contributed by atoms with Crippen molar-refractivity contribution in [3.05, 3.63) is 33.9 Å². The molecule has 0 spiro atoms. The van der Waals surface area contributed by atoms with Gasteiger partial charge in [0.25, 0.3) is 5.69 Å². The van der Waals surface area contributed by atoms with E-state index in [1.54, 1.807) is 13.0 Å². The van der Waals surface area contributed by atoms with Gasteiger partial charge in [0.2, 0.25) is 0 Å². The van der Waals surface area contributed by atoms with E-state index in [1.165, 1.54) is 6.07 Å². The highest BCUT2D eigenvalue weighted by atomic mass is 16.6. The van der Waals surface area contributed by atoms with Crippen molar-refractivity contribution in [2.24, 2.45) is 5.41 Å². The van der Waals surface area contributed by atoms with Crippen molar-refractivity contribution < 1.29 is 14.8 Å². The maximum Gasteiger partial charge on any atom is 0.311 e. The van der Waals surface area contributed by atoms with Crippen molar-refractivity contribution >= 4 is 17.3 Å². The quantitative estimate of drug-likeness (QED) is 0.676. The molecule has 1 heterocycles. The molecule has 1 unspecified atom stereocenters. The second-order valence-corrected chi connectivity index (χ2v) is 5.29. The minimum atomic E-state index is -0.786. The summed E-state index contributed by atoms with van der Waals surface area (Å²) >= 11 is 0. The number of carboxylic acids is 1. The lowest BCUT2D eigenvalue weighted by Gasteiger charge is -2.25. The van der Waals surface area contributed by atoms with Crippen LogP contribution in [0.2, 0.25) is 0 Å². The summed E-state index contributed by atoms with van der Waals surface area (Å²) in [5.41, 5.74) is 0.689. The lowest BCUT2D eigenvalue weighted by atomic mass is 9.84. The predicted molar refractivity (Wildman–Crippen MR) is 75.0 cm³/mol. The standard InChI is InChI=1S/C14H18N2O4/c1-3-14(13(17)18)7-8-15(9-14)11-5-4-6-12(10(11)2)16(19)20/h4-6H,3,7-9H2,1-2H3,(H,17,18). The summed E-state index contributed by atoms with van der Waals surface area (Å²) in [6.45, 7) is 4.60. The van der Waals surface area contributed by atoms with Crippen LogP contribution in [-0.4, -0.2) is 29.1 Å². The van der Waals surface area contributed by atoms with Gasteiger partial charge in [-0.25, -0.2) is 0 Å². The van der Waals surface area contributed by atoms with Crippen molar-refractivity contribution in [2.45, 2.75) is 26.7 Å². The Hall–Kier alpha value is -2.11. The molecule has 2 rings (SSSR count). The number of anilines is 1. The second kappa shape index (κ2) is 5.11. The van der Waals surface area contributed by atoms with Gasteiger partial charge in [0, 0.05) is 24.8 Å². The van der Waals surface area contributed by atoms with E-state index in [9.17, 15) is 20.0 Å². The van der Waals surface area contributed by atoms with E-state index < -0.39 is 16.3 Å². The predicted octanol–water partition coefficient (Wildman–Crippen LogP) is 2.59. The van der Waals surface area contributed by atoms with Crippen molar-refractivity contribution in [1.29, 1.82) is 0 Å². The van der Waals surface area contributed by atoms with Gasteiger partial charge in [-0.3, -0.25) is 14.9 Å². The fourth-order valence-electron chi connectivity index (χ4n) is 2.84. The van der Waals surface area contributed by atoms with Gasteiger partial charge in [0.05, 0.1) is 15.9 Å². The van der Waals surface area contributed by atoms with Crippen LogP contribution in [0, 0.1) is 22.5 Å². The van der Waals surface area contributed by atoms with Gasteiger partial charge < -0.3 is 10.0 Å². The Balaban J connectivity index is 2.33. The summed E-state index contributed by atoms with van der Waals surface area (Å²) in [4.78, 5) is 24.0. The molecule has 6 nitrogen and oxygen atoms in total. The molecule has 6 heteroatoms. The Morgan fingerprint density at radius 3 is 2.75 bits per heavy atom. The smallest absolute Gasteiger partial charge is 0.311 e. The van der Waals surface area contributed by atoms with E-state index in [0.717, 1.165) is 5.69 Å². The second-order valence-electron chi connectivity index (χ2n) is 5.29. The van der Waals surface area contributed by atoms with E-state index in [1.807, 2.05) is 17.9 Å². The van der Waals surface area contributed by atoms with Crippen LogP contribution in [0.4, 0.5) is 11.4 Å². The molecule has 0 bridgehead atoms. The monoisotopic (exact) mass is 278 g/mol. The molecule has 0 aliphatic carbocycles. The Morgan fingerprint density at radius 1 is 1.55 bits per heavy atom. The van der Waals surface area contributed by atoms with E-state index >= 15 is 0 Å². The van der Waals surface area contributed by atoms with Gasteiger partial charge >= 0.3 is 5.97 Å². The van der Waals surface area contributed by atoms with Crippen molar-refractivity contribution in [3.63, 3.8) is 0 Å². The molecule has 0 aromatic heterocycles. The minimum absolute atomic E-state index is 0.0758. The van der Waals surface area contributed by atoms with Crippen LogP contribution in [0.3, 0.4) is 0 Å². The Labute approximate surface area is 117 Å². The zero-order valence-corrected chi connectivity index (χ0v) is 11.6. The lowest BCUT2D eigenvalue weighted by Crippen LogP contribution is -2.34. The van der Waals surface area contributed by atoms with Crippen molar-refractivity contribution in [2.75, 3.05) is 18.0 Å². The minimum Gasteiger partial charge on any atom is -0.481 e. The SMILES string of the molecule is CCC1(C(=O)O)CCN(c2cccc([N+](=O)[O-])c2C)C1. The first kappa shape index (κ1) is 14.3. The average Bonchev–Trinajstić information content (AvgIpc) is 2.84. The van der Waals surface area contributed by atoms with E-state index in [0.29, 0.717) is 31.5 Å². The zero-order valence-electron chi connectivity index (χ0n) is 11.6. The van der Waals surface area contributed by atoms with Crippen molar-refractivity contribution in [3.8, 4) is 0 Å². The van der Waals surface area contributed by atoms with Gasteiger partial charge in [0.1, 0.15) is 0 Å². The van der Waals surface area contributed by atoms with Gasteiger partial charge in [0.15, 0.2) is 0 Å². The zero-order chi connectivity index (χ0) is 14.9. The summed E-state index contributed by atoms with van der Waals surface area (Å²) in [5.74, 6) is -0.786. The number of benzene rings is 1. The van der Waals surface area contributed by atoms with Crippen LogP contribution in [0.1, 0.15) is 25.3 Å². The Kier molecular flexibility index (Phi) is 3.65. The maximum atomic E-state index is 11.5. The van der Waals surface area contributed by atoms with Crippen LogP contribution in [0.5, 0.6) is 0 Å².